The molecule has 0 bridgehead atoms. The third-order valence-corrected chi connectivity index (χ3v) is 2.23. The predicted octanol–water partition coefficient (Wildman–Crippen LogP) is 4.04. The maximum Gasteiger partial charge on any atom is 0.387 e. The molecule has 0 unspecified atom stereocenters. The Kier molecular flexibility index (Phi) is 3.55. The Morgan fingerprint density at radius 3 is 1.39 bits per heavy atom. The van der Waals surface area contributed by atoms with Crippen LogP contribution in [0, 0.1) is 0 Å². The average molecular weight is 260 g/mol. The zero-order chi connectivity index (χ0) is 13.1. The van der Waals surface area contributed by atoms with Crippen molar-refractivity contribution in [3.05, 3.63) is 36.4 Å². The first-order valence-corrected chi connectivity index (χ1v) is 4.98. The van der Waals surface area contributed by atoms with Crippen molar-refractivity contribution >= 4 is 10.8 Å². The van der Waals surface area contributed by atoms with E-state index < -0.39 is 13.2 Å². The lowest BCUT2D eigenvalue weighted by Gasteiger charge is -2.08. The molecular weight excluding hydrogens is 252 g/mol. The summed E-state index contributed by atoms with van der Waals surface area (Å²) in [5.74, 6) is 0.0278. The molecule has 96 valence electrons. The molecule has 18 heavy (non-hydrogen) atoms. The van der Waals surface area contributed by atoms with E-state index in [1.807, 2.05) is 0 Å². The van der Waals surface area contributed by atoms with Crippen LogP contribution < -0.4 is 9.47 Å². The van der Waals surface area contributed by atoms with Crippen LogP contribution in [0.25, 0.3) is 10.8 Å². The van der Waals surface area contributed by atoms with Gasteiger partial charge >= 0.3 is 13.2 Å². The van der Waals surface area contributed by atoms with Crippen molar-refractivity contribution in [1.29, 1.82) is 0 Å². The van der Waals surface area contributed by atoms with Gasteiger partial charge in [0.05, 0.1) is 0 Å². The molecule has 0 aliphatic rings. The highest BCUT2D eigenvalue weighted by Crippen LogP contribution is 2.26. The number of ether oxygens (including phenoxy) is 2. The highest BCUT2D eigenvalue weighted by Gasteiger charge is 2.07. The van der Waals surface area contributed by atoms with Crippen molar-refractivity contribution in [2.24, 2.45) is 0 Å². The highest BCUT2D eigenvalue weighted by atomic mass is 19.3. The number of rotatable bonds is 4. The minimum absolute atomic E-state index is 0.0139. The Hall–Kier alpha value is -1.98. The van der Waals surface area contributed by atoms with E-state index in [0.29, 0.717) is 10.8 Å². The van der Waals surface area contributed by atoms with Gasteiger partial charge in [-0.2, -0.15) is 17.6 Å². The molecule has 0 N–H and O–H groups in total. The molecule has 2 rings (SSSR count). The Morgan fingerprint density at radius 1 is 0.667 bits per heavy atom. The minimum atomic E-state index is -2.90. The van der Waals surface area contributed by atoms with Crippen molar-refractivity contribution in [3.63, 3.8) is 0 Å². The van der Waals surface area contributed by atoms with Crippen LogP contribution in [0.3, 0.4) is 0 Å². The molecule has 0 fully saturated rings. The van der Waals surface area contributed by atoms with Gasteiger partial charge in [0.2, 0.25) is 0 Å². The van der Waals surface area contributed by atoms with Crippen LogP contribution in [-0.2, 0) is 0 Å². The second-order valence-corrected chi connectivity index (χ2v) is 3.43. The molecule has 0 aliphatic heterocycles. The molecular formula is C12H8F4O2. The van der Waals surface area contributed by atoms with E-state index in [-0.39, 0.29) is 11.5 Å². The molecule has 2 nitrogen and oxygen atoms in total. The third kappa shape index (κ3) is 3.03. The van der Waals surface area contributed by atoms with Crippen LogP contribution in [0.4, 0.5) is 17.6 Å². The standard InChI is InChI=1S/C12H8F4O2/c13-11(14)17-9-3-1-7-5-10(18-12(15)16)4-2-8(7)6-9/h1-6,11-12H. The lowest BCUT2D eigenvalue weighted by molar-refractivity contribution is -0.0506. The fraction of sp³-hybridized carbons (Fsp3) is 0.167. The lowest BCUT2D eigenvalue weighted by atomic mass is 10.1. The number of fused-ring (bicyclic) bond motifs is 1. The van der Waals surface area contributed by atoms with Crippen LogP contribution >= 0.6 is 0 Å². The summed E-state index contributed by atoms with van der Waals surface area (Å²) < 4.78 is 56.5. The van der Waals surface area contributed by atoms with Crippen molar-refractivity contribution in [1.82, 2.24) is 0 Å². The summed E-state index contributed by atoms with van der Waals surface area (Å²) in [6, 6.07) is 8.44. The van der Waals surface area contributed by atoms with Gasteiger partial charge in [-0.25, -0.2) is 0 Å². The summed E-state index contributed by atoms with van der Waals surface area (Å²) in [4.78, 5) is 0. The molecule has 0 spiro atoms. The molecule has 0 atom stereocenters. The lowest BCUT2D eigenvalue weighted by Crippen LogP contribution is -2.02. The predicted molar refractivity (Wildman–Crippen MR) is 57.2 cm³/mol. The van der Waals surface area contributed by atoms with Crippen LogP contribution in [-0.4, -0.2) is 13.2 Å². The zero-order valence-corrected chi connectivity index (χ0v) is 8.95. The average Bonchev–Trinajstić information content (AvgIpc) is 2.27. The number of benzene rings is 2. The molecule has 0 radical (unpaired) electrons. The molecule has 0 amide bonds. The van der Waals surface area contributed by atoms with Crippen molar-refractivity contribution in [2.75, 3.05) is 0 Å². The molecule has 6 heteroatoms. The second-order valence-electron chi connectivity index (χ2n) is 3.43. The fourth-order valence-corrected chi connectivity index (χ4v) is 1.55. The molecule has 2 aromatic rings. The molecule has 0 heterocycles. The Labute approximate surface area is 99.7 Å². The van der Waals surface area contributed by atoms with Gasteiger partial charge in [-0.1, -0.05) is 12.1 Å². The molecule has 0 saturated carbocycles. The minimum Gasteiger partial charge on any atom is -0.435 e. The summed E-state index contributed by atoms with van der Waals surface area (Å²) in [7, 11) is 0. The van der Waals surface area contributed by atoms with Gasteiger partial charge in [0.15, 0.2) is 0 Å². The van der Waals surface area contributed by atoms with Crippen LogP contribution in [0.2, 0.25) is 0 Å². The largest absolute Gasteiger partial charge is 0.435 e. The summed E-state index contributed by atoms with van der Waals surface area (Å²) in [6.07, 6.45) is 0. The van der Waals surface area contributed by atoms with Crippen molar-refractivity contribution < 1.29 is 27.0 Å². The Balaban J connectivity index is 2.30. The van der Waals surface area contributed by atoms with E-state index in [4.69, 9.17) is 0 Å². The van der Waals surface area contributed by atoms with E-state index in [0.717, 1.165) is 0 Å². The smallest absolute Gasteiger partial charge is 0.387 e. The monoisotopic (exact) mass is 260 g/mol. The summed E-state index contributed by atoms with van der Waals surface area (Å²) >= 11 is 0. The van der Waals surface area contributed by atoms with Crippen LogP contribution in [0.1, 0.15) is 0 Å². The first-order chi connectivity index (χ1) is 8.54. The first-order valence-electron chi connectivity index (χ1n) is 4.98. The van der Waals surface area contributed by atoms with Gasteiger partial charge in [0.25, 0.3) is 0 Å². The van der Waals surface area contributed by atoms with E-state index in [2.05, 4.69) is 9.47 Å². The maximum absolute atomic E-state index is 12.0. The van der Waals surface area contributed by atoms with Gasteiger partial charge in [-0.05, 0) is 35.0 Å². The SMILES string of the molecule is FC(F)Oc1ccc2cc(OC(F)F)ccc2c1. The molecule has 0 saturated heterocycles. The van der Waals surface area contributed by atoms with E-state index in [1.165, 1.54) is 36.4 Å². The summed E-state index contributed by atoms with van der Waals surface area (Å²) in [5, 5.41) is 1.18. The van der Waals surface area contributed by atoms with E-state index >= 15 is 0 Å². The van der Waals surface area contributed by atoms with Gasteiger partial charge in [-0.15, -0.1) is 0 Å². The maximum atomic E-state index is 12.0. The van der Waals surface area contributed by atoms with Gasteiger partial charge in [0, 0.05) is 0 Å². The second kappa shape index (κ2) is 5.12. The van der Waals surface area contributed by atoms with Crippen LogP contribution in [0.15, 0.2) is 36.4 Å². The highest BCUT2D eigenvalue weighted by molar-refractivity contribution is 5.85. The summed E-state index contributed by atoms with van der Waals surface area (Å²) in [6.45, 7) is -5.80. The first kappa shape index (κ1) is 12.5. The normalized spacial score (nSPS) is 11.2. The quantitative estimate of drug-likeness (QED) is 0.772. The summed E-state index contributed by atoms with van der Waals surface area (Å²) in [5.41, 5.74) is 0. The number of alkyl halides is 4. The molecule has 0 aliphatic carbocycles. The Bertz CT molecular complexity index is 493. The third-order valence-electron chi connectivity index (χ3n) is 2.23. The number of hydrogen-bond acceptors (Lipinski definition) is 2. The topological polar surface area (TPSA) is 18.5 Å². The number of halogens is 4. The van der Waals surface area contributed by atoms with Crippen LogP contribution in [0.5, 0.6) is 11.5 Å². The molecule has 2 aromatic carbocycles. The Morgan fingerprint density at radius 2 is 1.06 bits per heavy atom. The van der Waals surface area contributed by atoms with E-state index in [9.17, 15) is 17.6 Å². The molecule has 0 aromatic heterocycles. The van der Waals surface area contributed by atoms with Crippen molar-refractivity contribution in [2.45, 2.75) is 13.2 Å². The van der Waals surface area contributed by atoms with Gasteiger partial charge in [0.1, 0.15) is 11.5 Å². The van der Waals surface area contributed by atoms with Gasteiger partial charge < -0.3 is 9.47 Å². The zero-order valence-electron chi connectivity index (χ0n) is 8.95. The van der Waals surface area contributed by atoms with E-state index in [1.54, 1.807) is 0 Å². The fourth-order valence-electron chi connectivity index (χ4n) is 1.55. The van der Waals surface area contributed by atoms with Crippen molar-refractivity contribution in [3.8, 4) is 11.5 Å². The number of hydrogen-bond donors (Lipinski definition) is 0. The van der Waals surface area contributed by atoms with Gasteiger partial charge in [-0.3, -0.25) is 0 Å².